The number of carbonyl (C=O) groups is 3. The summed E-state index contributed by atoms with van der Waals surface area (Å²) in [6.07, 6.45) is -4.09. The highest BCUT2D eigenvalue weighted by Crippen LogP contribution is 2.43. The molecular weight excluding hydrogens is 461 g/mol. The molecule has 3 aliphatic heterocycles. The van der Waals surface area contributed by atoms with Crippen LogP contribution < -0.4 is 10.2 Å². The molecule has 3 aliphatic rings. The monoisotopic (exact) mass is 480 g/mol. The summed E-state index contributed by atoms with van der Waals surface area (Å²) >= 11 is 0. The van der Waals surface area contributed by atoms with Gasteiger partial charge in [0.2, 0.25) is 0 Å². The third kappa shape index (κ3) is 3.23. The van der Waals surface area contributed by atoms with Crippen LogP contribution in [0.5, 0.6) is 0 Å². The minimum absolute atomic E-state index is 0.00987. The maximum atomic E-state index is 13.5. The number of halogens is 3. The van der Waals surface area contributed by atoms with Gasteiger partial charge in [-0.1, -0.05) is 42.5 Å². The van der Waals surface area contributed by atoms with E-state index in [4.69, 9.17) is 0 Å². The van der Waals surface area contributed by atoms with Crippen molar-refractivity contribution in [1.29, 1.82) is 0 Å². The first-order chi connectivity index (χ1) is 16.7. The molecule has 3 saturated heterocycles. The van der Waals surface area contributed by atoms with Crippen LogP contribution in [0.3, 0.4) is 0 Å². The summed E-state index contributed by atoms with van der Waals surface area (Å²) in [4.78, 5) is 44.0. The molecular formula is C25H19F3N4O3. The van der Waals surface area contributed by atoms with Gasteiger partial charge < -0.3 is 15.1 Å². The van der Waals surface area contributed by atoms with Crippen LogP contribution in [0.4, 0.5) is 34.1 Å². The van der Waals surface area contributed by atoms with E-state index in [-0.39, 0.29) is 18.3 Å². The molecule has 0 aromatic heterocycles. The van der Waals surface area contributed by atoms with Crippen molar-refractivity contribution in [1.82, 2.24) is 9.80 Å². The van der Waals surface area contributed by atoms with Crippen molar-refractivity contribution in [2.24, 2.45) is 0 Å². The number of likely N-dealkylation sites (tertiary alicyclic amines) is 1. The first-order valence-electron chi connectivity index (χ1n) is 11.1. The number of hydrogen-bond acceptors (Lipinski definition) is 3. The number of nitrogens with one attached hydrogen (secondary N) is 1. The van der Waals surface area contributed by atoms with Gasteiger partial charge in [-0.3, -0.25) is 4.79 Å². The molecule has 3 aromatic carbocycles. The largest absolute Gasteiger partial charge is 0.416 e. The summed E-state index contributed by atoms with van der Waals surface area (Å²) < 4.78 is 39.1. The fourth-order valence-corrected chi connectivity index (χ4v) is 5.48. The van der Waals surface area contributed by atoms with Gasteiger partial charge in [0.05, 0.1) is 23.3 Å². The topological polar surface area (TPSA) is 73.0 Å². The zero-order chi connectivity index (χ0) is 24.5. The summed E-state index contributed by atoms with van der Waals surface area (Å²) in [6.45, 7) is 0.203. The molecule has 0 saturated carbocycles. The minimum Gasteiger partial charge on any atom is -0.317 e. The lowest BCUT2D eigenvalue weighted by molar-refractivity contribution is -0.137. The highest BCUT2D eigenvalue weighted by atomic mass is 19.4. The zero-order valence-corrected chi connectivity index (χ0v) is 18.2. The van der Waals surface area contributed by atoms with Gasteiger partial charge in [0, 0.05) is 17.6 Å². The second-order valence-electron chi connectivity index (χ2n) is 8.92. The molecule has 6 rings (SSSR count). The lowest BCUT2D eigenvalue weighted by atomic mass is 10.1. The second kappa shape index (κ2) is 7.46. The van der Waals surface area contributed by atoms with E-state index in [1.54, 1.807) is 17.0 Å². The number of amides is 5. The summed E-state index contributed by atoms with van der Waals surface area (Å²) in [6, 6.07) is 14.5. The number of benzene rings is 3. The number of anilines is 2. The number of imide groups is 1. The van der Waals surface area contributed by atoms with Crippen molar-refractivity contribution >= 4 is 40.1 Å². The Kier molecular flexibility index (Phi) is 4.57. The van der Waals surface area contributed by atoms with Gasteiger partial charge in [-0.2, -0.15) is 13.2 Å². The average molecular weight is 480 g/mol. The predicted molar refractivity (Wildman–Crippen MR) is 122 cm³/mol. The van der Waals surface area contributed by atoms with Crippen LogP contribution in [0.2, 0.25) is 0 Å². The van der Waals surface area contributed by atoms with Crippen molar-refractivity contribution < 1.29 is 27.6 Å². The number of alkyl halides is 3. The molecule has 0 unspecified atom stereocenters. The molecule has 178 valence electrons. The van der Waals surface area contributed by atoms with Gasteiger partial charge >= 0.3 is 18.2 Å². The molecule has 3 aromatic rings. The average Bonchev–Trinajstić information content (AvgIpc) is 3.50. The van der Waals surface area contributed by atoms with Gasteiger partial charge in [-0.25, -0.2) is 14.5 Å². The fraction of sp³-hybridized carbons (Fsp3) is 0.240. The number of rotatable bonds is 2. The maximum Gasteiger partial charge on any atom is 0.416 e. The Morgan fingerprint density at radius 3 is 2.51 bits per heavy atom. The standard InChI is InChI=1S/C25H19F3N4O3/c26-25(27,28)15-7-4-8-16(11-15)29-23(34)30-13-17-12-20(30)21-22(33)32(24(35)31(17)21)19-10-3-6-14-5-1-2-9-18(14)19/h1-11,17,20-21H,12-13H2,(H,29,34)/t17-,20-,21-/m0/s1. The van der Waals surface area contributed by atoms with Crippen molar-refractivity contribution in [2.75, 3.05) is 16.8 Å². The Morgan fingerprint density at radius 1 is 0.971 bits per heavy atom. The third-order valence-corrected chi connectivity index (χ3v) is 6.97. The van der Waals surface area contributed by atoms with Crippen molar-refractivity contribution in [3.63, 3.8) is 0 Å². The molecule has 3 heterocycles. The molecule has 5 amide bonds. The van der Waals surface area contributed by atoms with E-state index in [1.165, 1.54) is 21.9 Å². The predicted octanol–water partition coefficient (Wildman–Crippen LogP) is 4.68. The summed E-state index contributed by atoms with van der Waals surface area (Å²) in [7, 11) is 0. The van der Waals surface area contributed by atoms with Gasteiger partial charge in [0.25, 0.3) is 5.91 Å². The Labute approximate surface area is 197 Å². The minimum atomic E-state index is -4.53. The van der Waals surface area contributed by atoms with E-state index in [0.29, 0.717) is 12.1 Å². The lowest BCUT2D eigenvalue weighted by Crippen LogP contribution is -2.55. The molecule has 3 atom stereocenters. The van der Waals surface area contributed by atoms with Crippen molar-refractivity contribution in [3.05, 3.63) is 72.3 Å². The summed E-state index contributed by atoms with van der Waals surface area (Å²) in [5.41, 5.74) is -0.366. The van der Waals surface area contributed by atoms with E-state index in [1.807, 2.05) is 30.3 Å². The first-order valence-corrected chi connectivity index (χ1v) is 11.1. The van der Waals surface area contributed by atoms with E-state index < -0.39 is 41.8 Å². The Balaban J connectivity index is 1.26. The van der Waals surface area contributed by atoms with Crippen LogP contribution in [0.25, 0.3) is 10.8 Å². The Morgan fingerprint density at radius 2 is 1.71 bits per heavy atom. The highest BCUT2D eigenvalue weighted by molar-refractivity contribution is 6.25. The van der Waals surface area contributed by atoms with Gasteiger partial charge in [-0.05, 0) is 36.1 Å². The molecule has 7 nitrogen and oxygen atoms in total. The summed E-state index contributed by atoms with van der Waals surface area (Å²) in [5.74, 6) is -0.407. The van der Waals surface area contributed by atoms with E-state index in [9.17, 15) is 27.6 Å². The third-order valence-electron chi connectivity index (χ3n) is 6.97. The van der Waals surface area contributed by atoms with Crippen LogP contribution in [0, 0.1) is 0 Å². The molecule has 10 heteroatoms. The Hall–Kier alpha value is -4.08. The molecule has 0 radical (unpaired) electrons. The fourth-order valence-electron chi connectivity index (χ4n) is 5.48. The van der Waals surface area contributed by atoms with Gasteiger partial charge in [-0.15, -0.1) is 0 Å². The second-order valence-corrected chi connectivity index (χ2v) is 8.92. The van der Waals surface area contributed by atoms with E-state index in [0.717, 1.165) is 22.9 Å². The van der Waals surface area contributed by atoms with Gasteiger partial charge in [0.1, 0.15) is 6.04 Å². The van der Waals surface area contributed by atoms with Crippen LogP contribution >= 0.6 is 0 Å². The quantitative estimate of drug-likeness (QED) is 0.542. The van der Waals surface area contributed by atoms with Crippen molar-refractivity contribution in [3.8, 4) is 0 Å². The molecule has 35 heavy (non-hydrogen) atoms. The SMILES string of the molecule is O=C1[C@@H]2[C@@H]3C[C@@H](CN3C(=O)Nc3cccc(C(F)(F)F)c3)N2C(=O)N1c1cccc2ccccc12. The molecule has 2 bridgehead atoms. The normalized spacial score (nSPS) is 23.4. The molecule has 0 spiro atoms. The van der Waals surface area contributed by atoms with Crippen LogP contribution in [-0.2, 0) is 11.0 Å². The maximum absolute atomic E-state index is 13.5. The number of nitrogens with zero attached hydrogens (tertiary/aromatic N) is 3. The smallest absolute Gasteiger partial charge is 0.317 e. The molecule has 3 fully saturated rings. The van der Waals surface area contributed by atoms with Crippen LogP contribution in [0.1, 0.15) is 12.0 Å². The van der Waals surface area contributed by atoms with Crippen molar-refractivity contribution in [2.45, 2.75) is 30.7 Å². The molecule has 1 N–H and O–H groups in total. The zero-order valence-electron chi connectivity index (χ0n) is 18.2. The van der Waals surface area contributed by atoms with E-state index >= 15 is 0 Å². The number of piperazine rings is 1. The van der Waals surface area contributed by atoms with Crippen LogP contribution in [0.15, 0.2) is 66.7 Å². The van der Waals surface area contributed by atoms with E-state index in [2.05, 4.69) is 5.32 Å². The van der Waals surface area contributed by atoms with Gasteiger partial charge in [0.15, 0.2) is 0 Å². The Bertz CT molecular complexity index is 1390. The first kappa shape index (κ1) is 21.5. The molecule has 0 aliphatic carbocycles. The number of fused-ring (bicyclic) bond motifs is 6. The number of carbonyl (C=O) groups excluding carboxylic acids is 3. The lowest BCUT2D eigenvalue weighted by Gasteiger charge is -2.34. The number of hydrogen-bond donors (Lipinski definition) is 1. The number of urea groups is 2. The summed E-state index contributed by atoms with van der Waals surface area (Å²) in [5, 5.41) is 4.17. The highest BCUT2D eigenvalue weighted by Gasteiger charge is 2.63. The van der Waals surface area contributed by atoms with Crippen LogP contribution in [-0.4, -0.2) is 52.4 Å².